The molecule has 0 aliphatic rings. The molecule has 0 fully saturated rings. The van der Waals surface area contributed by atoms with Crippen LogP contribution in [0.15, 0.2) is 41.1 Å². The first kappa shape index (κ1) is 14.0. The van der Waals surface area contributed by atoms with Crippen LogP contribution in [0.5, 0.6) is 5.75 Å². The van der Waals surface area contributed by atoms with Gasteiger partial charge in [0.05, 0.1) is 0 Å². The minimum absolute atomic E-state index is 0.0458. The highest BCUT2D eigenvalue weighted by Crippen LogP contribution is 2.26. The van der Waals surface area contributed by atoms with E-state index in [2.05, 4.69) is 27.0 Å². The van der Waals surface area contributed by atoms with Gasteiger partial charge >= 0.3 is 0 Å². The summed E-state index contributed by atoms with van der Waals surface area (Å²) in [7, 11) is 0. The van der Waals surface area contributed by atoms with Crippen molar-refractivity contribution in [2.24, 2.45) is 5.73 Å². The van der Waals surface area contributed by atoms with Crippen LogP contribution in [0.25, 0.3) is 0 Å². The maximum absolute atomic E-state index is 5.98. The number of hydrogen-bond acceptors (Lipinski definition) is 3. The summed E-state index contributed by atoms with van der Waals surface area (Å²) in [6.07, 6.45) is 3.55. The van der Waals surface area contributed by atoms with E-state index < -0.39 is 0 Å². The fourth-order valence-electron chi connectivity index (χ4n) is 1.85. The Morgan fingerprint density at radius 2 is 2.11 bits per heavy atom. The third-order valence-electron chi connectivity index (χ3n) is 2.81. The number of benzene rings is 1. The van der Waals surface area contributed by atoms with Crippen molar-refractivity contribution in [2.45, 2.75) is 26.5 Å². The van der Waals surface area contributed by atoms with Gasteiger partial charge in [-0.2, -0.15) is 0 Å². The van der Waals surface area contributed by atoms with E-state index in [1.165, 1.54) is 5.56 Å². The van der Waals surface area contributed by atoms with Crippen LogP contribution in [0.1, 0.15) is 29.7 Å². The lowest BCUT2D eigenvalue weighted by molar-refractivity contribution is 0.301. The molecule has 2 aromatic rings. The van der Waals surface area contributed by atoms with Crippen LogP contribution in [0.2, 0.25) is 0 Å². The van der Waals surface area contributed by atoms with Gasteiger partial charge in [0.1, 0.15) is 12.4 Å². The molecule has 3 nitrogen and oxygen atoms in total. The van der Waals surface area contributed by atoms with Crippen molar-refractivity contribution in [1.29, 1.82) is 0 Å². The second kappa shape index (κ2) is 6.17. The molecule has 1 aromatic heterocycles. The molecular weight excluding hydrogens is 304 g/mol. The predicted molar refractivity (Wildman–Crippen MR) is 80.1 cm³/mol. The molecule has 0 aliphatic carbocycles. The van der Waals surface area contributed by atoms with E-state index in [4.69, 9.17) is 10.5 Å². The molecule has 19 heavy (non-hydrogen) atoms. The van der Waals surface area contributed by atoms with Crippen molar-refractivity contribution >= 4 is 15.9 Å². The number of ether oxygens (including phenoxy) is 1. The van der Waals surface area contributed by atoms with Gasteiger partial charge in [0, 0.05) is 34.0 Å². The van der Waals surface area contributed by atoms with Crippen LogP contribution in [-0.2, 0) is 6.61 Å². The summed E-state index contributed by atoms with van der Waals surface area (Å²) < 4.78 is 6.80. The molecule has 1 heterocycles. The lowest BCUT2D eigenvalue weighted by Crippen LogP contribution is -2.08. The van der Waals surface area contributed by atoms with Crippen LogP contribution in [-0.4, -0.2) is 4.98 Å². The minimum Gasteiger partial charge on any atom is -0.489 e. The lowest BCUT2D eigenvalue weighted by Gasteiger charge is -2.15. The van der Waals surface area contributed by atoms with Crippen molar-refractivity contribution in [3.63, 3.8) is 0 Å². The van der Waals surface area contributed by atoms with Gasteiger partial charge in [-0.25, -0.2) is 0 Å². The zero-order chi connectivity index (χ0) is 13.8. The van der Waals surface area contributed by atoms with Crippen LogP contribution >= 0.6 is 15.9 Å². The Bertz CT molecular complexity index is 570. The van der Waals surface area contributed by atoms with Crippen molar-refractivity contribution < 1.29 is 4.74 Å². The number of aromatic nitrogens is 1. The van der Waals surface area contributed by atoms with Crippen molar-refractivity contribution in [3.8, 4) is 5.75 Å². The second-order valence-electron chi connectivity index (χ2n) is 4.63. The van der Waals surface area contributed by atoms with E-state index >= 15 is 0 Å². The number of nitrogens with zero attached hydrogens (tertiary/aromatic N) is 1. The summed E-state index contributed by atoms with van der Waals surface area (Å²) in [6.45, 7) is 4.49. The summed E-state index contributed by atoms with van der Waals surface area (Å²) in [6, 6.07) is 8.02. The summed E-state index contributed by atoms with van der Waals surface area (Å²) in [4.78, 5) is 4.12. The van der Waals surface area contributed by atoms with E-state index in [0.29, 0.717) is 6.61 Å². The molecule has 0 spiro atoms. The molecule has 0 saturated heterocycles. The van der Waals surface area contributed by atoms with Crippen LogP contribution in [0.3, 0.4) is 0 Å². The molecule has 2 N–H and O–H groups in total. The van der Waals surface area contributed by atoms with Gasteiger partial charge in [0.15, 0.2) is 0 Å². The molecule has 4 heteroatoms. The maximum atomic E-state index is 5.98. The third kappa shape index (κ3) is 3.78. The van der Waals surface area contributed by atoms with Gasteiger partial charge in [-0.15, -0.1) is 0 Å². The van der Waals surface area contributed by atoms with Crippen molar-refractivity contribution in [2.75, 3.05) is 0 Å². The highest BCUT2D eigenvalue weighted by atomic mass is 79.9. The molecule has 0 radical (unpaired) electrons. The zero-order valence-electron chi connectivity index (χ0n) is 11.1. The van der Waals surface area contributed by atoms with E-state index in [1.807, 2.05) is 32.0 Å². The smallest absolute Gasteiger partial charge is 0.124 e. The molecule has 0 bridgehead atoms. The zero-order valence-corrected chi connectivity index (χ0v) is 12.6. The Morgan fingerprint density at radius 3 is 2.79 bits per heavy atom. The summed E-state index contributed by atoms with van der Waals surface area (Å²) in [5, 5.41) is 0. The maximum Gasteiger partial charge on any atom is 0.124 e. The lowest BCUT2D eigenvalue weighted by atomic mass is 10.1. The number of pyridine rings is 1. The number of hydrogen-bond donors (Lipinski definition) is 1. The van der Waals surface area contributed by atoms with E-state index in [-0.39, 0.29) is 6.04 Å². The Labute approximate surface area is 121 Å². The molecule has 100 valence electrons. The fourth-order valence-corrected chi connectivity index (χ4v) is 2.26. The fraction of sp³-hybridized carbons (Fsp3) is 0.267. The van der Waals surface area contributed by atoms with Gasteiger partial charge in [-0.3, -0.25) is 4.98 Å². The highest BCUT2D eigenvalue weighted by Gasteiger charge is 2.08. The first-order chi connectivity index (χ1) is 9.06. The molecular formula is C15H17BrN2O. The van der Waals surface area contributed by atoms with Crippen LogP contribution in [0.4, 0.5) is 0 Å². The van der Waals surface area contributed by atoms with E-state index in [1.54, 1.807) is 12.4 Å². The average Bonchev–Trinajstić information content (AvgIpc) is 2.37. The molecule has 0 amide bonds. The Balaban J connectivity index is 2.15. The van der Waals surface area contributed by atoms with Gasteiger partial charge < -0.3 is 10.5 Å². The number of nitrogens with two attached hydrogens (primary N) is 1. The molecule has 1 aromatic carbocycles. The Hall–Kier alpha value is -1.39. The largest absolute Gasteiger partial charge is 0.489 e. The normalized spacial score (nSPS) is 12.2. The predicted octanol–water partition coefficient (Wildman–Crippen LogP) is 3.75. The quantitative estimate of drug-likeness (QED) is 0.933. The van der Waals surface area contributed by atoms with Crippen LogP contribution < -0.4 is 10.5 Å². The SMILES string of the molecule is Cc1ccc(OCc2cncc(Br)c2)c([C@@H](C)N)c1. The molecule has 2 rings (SSSR count). The van der Waals surface area contributed by atoms with Gasteiger partial charge in [-0.05, 0) is 41.9 Å². The standard InChI is InChI=1S/C15H17BrN2O/c1-10-3-4-15(14(5-10)11(2)17)19-9-12-6-13(16)8-18-7-12/h3-8,11H,9,17H2,1-2H3/t11-/m1/s1. The number of aryl methyl sites for hydroxylation is 1. The molecule has 0 unspecified atom stereocenters. The topological polar surface area (TPSA) is 48.1 Å². The first-order valence-corrected chi connectivity index (χ1v) is 6.94. The summed E-state index contributed by atoms with van der Waals surface area (Å²) in [5.41, 5.74) is 9.21. The van der Waals surface area contributed by atoms with E-state index in [9.17, 15) is 0 Å². The Morgan fingerprint density at radius 1 is 1.32 bits per heavy atom. The highest BCUT2D eigenvalue weighted by molar-refractivity contribution is 9.10. The monoisotopic (exact) mass is 320 g/mol. The first-order valence-electron chi connectivity index (χ1n) is 6.14. The van der Waals surface area contributed by atoms with E-state index in [0.717, 1.165) is 21.3 Å². The Kier molecular flexibility index (Phi) is 4.56. The molecule has 0 saturated carbocycles. The molecule has 0 aliphatic heterocycles. The summed E-state index contributed by atoms with van der Waals surface area (Å²) >= 11 is 3.40. The van der Waals surface area contributed by atoms with Gasteiger partial charge in [0.2, 0.25) is 0 Å². The van der Waals surface area contributed by atoms with Gasteiger partial charge in [-0.1, -0.05) is 17.7 Å². The summed E-state index contributed by atoms with van der Waals surface area (Å²) in [5.74, 6) is 0.834. The number of halogens is 1. The minimum atomic E-state index is -0.0458. The second-order valence-corrected chi connectivity index (χ2v) is 5.55. The third-order valence-corrected chi connectivity index (χ3v) is 3.25. The van der Waals surface area contributed by atoms with Crippen LogP contribution in [0, 0.1) is 6.92 Å². The van der Waals surface area contributed by atoms with Gasteiger partial charge in [0.25, 0.3) is 0 Å². The van der Waals surface area contributed by atoms with Crippen molar-refractivity contribution in [1.82, 2.24) is 4.98 Å². The molecule has 1 atom stereocenters. The van der Waals surface area contributed by atoms with Crippen molar-refractivity contribution in [3.05, 3.63) is 57.8 Å². The average molecular weight is 321 g/mol. The number of rotatable bonds is 4.